The Balaban J connectivity index is 1.27. The number of fused-ring (bicyclic) bond motifs is 2. The van der Waals surface area contributed by atoms with E-state index in [2.05, 4.69) is 20.8 Å². The van der Waals surface area contributed by atoms with Crippen LogP contribution in [0.4, 0.5) is 0 Å². The first-order chi connectivity index (χ1) is 15.2. The number of benzene rings is 3. The number of nitrogens with one attached hydrogen (secondary N) is 2. The third kappa shape index (κ3) is 3.60. The second-order valence-electron chi connectivity index (χ2n) is 6.95. The van der Waals surface area contributed by atoms with Gasteiger partial charge in [-0.25, -0.2) is 9.97 Å². The number of imidazole rings is 1. The largest absolute Gasteiger partial charge is 0.299 e. The van der Waals surface area contributed by atoms with Gasteiger partial charge in [0, 0.05) is 16.6 Å². The zero-order valence-corrected chi connectivity index (χ0v) is 16.3. The van der Waals surface area contributed by atoms with Gasteiger partial charge in [0.2, 0.25) is 0 Å². The van der Waals surface area contributed by atoms with E-state index in [-0.39, 0.29) is 5.69 Å². The summed E-state index contributed by atoms with van der Waals surface area (Å²) in [6.07, 6.45) is 1.75. The summed E-state index contributed by atoms with van der Waals surface area (Å²) < 4.78 is 1.95. The fourth-order valence-corrected chi connectivity index (χ4v) is 3.38. The van der Waals surface area contributed by atoms with E-state index in [1.165, 1.54) is 0 Å². The van der Waals surface area contributed by atoms with E-state index in [9.17, 15) is 9.59 Å². The van der Waals surface area contributed by atoms with Crippen molar-refractivity contribution in [2.45, 2.75) is 0 Å². The number of rotatable bonds is 3. The summed E-state index contributed by atoms with van der Waals surface area (Å²) in [5.74, 6) is -0.906. The van der Waals surface area contributed by atoms with Crippen molar-refractivity contribution in [3.8, 4) is 5.69 Å². The van der Waals surface area contributed by atoms with Crippen LogP contribution in [0.3, 0.4) is 0 Å². The van der Waals surface area contributed by atoms with Crippen LogP contribution >= 0.6 is 0 Å². The van der Waals surface area contributed by atoms with Gasteiger partial charge in [0.15, 0.2) is 0 Å². The van der Waals surface area contributed by atoms with Crippen molar-refractivity contribution in [2.75, 3.05) is 0 Å². The standard InChI is InChI=1S/C24H17N5O2/c30-23(27-28-24(31)21-14-11-16-5-1-2-6-19(16)26-21)17-9-12-18(13-10-17)29-15-25-20-7-3-4-8-22(20)29/h1-15H,(H,27,30)(H,28,31). The Morgan fingerprint density at radius 3 is 2.26 bits per heavy atom. The molecular formula is C24H17N5O2. The number of hydrazine groups is 1. The second-order valence-corrected chi connectivity index (χ2v) is 6.95. The summed E-state index contributed by atoms with van der Waals surface area (Å²) in [5.41, 5.74) is 8.96. The molecule has 0 fully saturated rings. The lowest BCUT2D eigenvalue weighted by Crippen LogP contribution is -2.41. The Kier molecular flexibility index (Phi) is 4.61. The summed E-state index contributed by atoms with van der Waals surface area (Å²) in [5, 5.41) is 0.939. The lowest BCUT2D eigenvalue weighted by molar-refractivity contribution is 0.0844. The smallest absolute Gasteiger partial charge is 0.288 e. The molecule has 5 aromatic rings. The highest BCUT2D eigenvalue weighted by Gasteiger charge is 2.11. The molecule has 0 saturated heterocycles. The minimum atomic E-state index is -0.486. The van der Waals surface area contributed by atoms with Crippen LogP contribution in [0.2, 0.25) is 0 Å². The summed E-state index contributed by atoms with van der Waals surface area (Å²) in [6.45, 7) is 0. The molecule has 3 aromatic carbocycles. The zero-order chi connectivity index (χ0) is 21.2. The highest BCUT2D eigenvalue weighted by molar-refractivity contribution is 5.99. The van der Waals surface area contributed by atoms with Crippen LogP contribution in [0, 0.1) is 0 Å². The van der Waals surface area contributed by atoms with E-state index in [1.54, 1.807) is 24.5 Å². The summed E-state index contributed by atoms with van der Waals surface area (Å²) >= 11 is 0. The molecule has 0 aliphatic heterocycles. The van der Waals surface area contributed by atoms with Crippen LogP contribution in [0.5, 0.6) is 0 Å². The Morgan fingerprint density at radius 1 is 0.710 bits per heavy atom. The monoisotopic (exact) mass is 407 g/mol. The Morgan fingerprint density at radius 2 is 1.42 bits per heavy atom. The summed E-state index contributed by atoms with van der Waals surface area (Å²) in [4.78, 5) is 33.5. The maximum absolute atomic E-state index is 12.4. The number of pyridine rings is 1. The van der Waals surface area contributed by atoms with Crippen molar-refractivity contribution in [2.24, 2.45) is 0 Å². The van der Waals surface area contributed by atoms with Crippen molar-refractivity contribution >= 4 is 33.8 Å². The van der Waals surface area contributed by atoms with Crippen molar-refractivity contribution in [3.05, 3.63) is 103 Å². The number of carbonyl (C=O) groups is 2. The molecule has 2 heterocycles. The van der Waals surface area contributed by atoms with E-state index in [0.29, 0.717) is 11.1 Å². The Labute approximate surface area is 177 Å². The molecule has 0 unspecified atom stereocenters. The molecule has 7 heteroatoms. The topological polar surface area (TPSA) is 88.9 Å². The molecule has 0 aliphatic rings. The maximum atomic E-state index is 12.4. The third-order valence-electron chi connectivity index (χ3n) is 4.98. The van der Waals surface area contributed by atoms with Gasteiger partial charge < -0.3 is 0 Å². The van der Waals surface area contributed by atoms with Crippen LogP contribution in [-0.4, -0.2) is 26.3 Å². The minimum absolute atomic E-state index is 0.223. The predicted molar refractivity (Wildman–Crippen MR) is 118 cm³/mol. The van der Waals surface area contributed by atoms with Gasteiger partial charge in [-0.2, -0.15) is 0 Å². The van der Waals surface area contributed by atoms with Gasteiger partial charge in [-0.3, -0.25) is 25.0 Å². The predicted octanol–water partition coefficient (Wildman–Crippen LogP) is 3.65. The second kappa shape index (κ2) is 7.72. The van der Waals surface area contributed by atoms with E-state index in [4.69, 9.17) is 0 Å². The third-order valence-corrected chi connectivity index (χ3v) is 4.98. The average molecular weight is 407 g/mol. The average Bonchev–Trinajstić information content (AvgIpc) is 3.26. The molecule has 2 N–H and O–H groups in total. The van der Waals surface area contributed by atoms with Gasteiger partial charge >= 0.3 is 0 Å². The fourth-order valence-electron chi connectivity index (χ4n) is 3.38. The maximum Gasteiger partial charge on any atom is 0.288 e. The Bertz CT molecular complexity index is 1420. The number of para-hydroxylation sites is 3. The normalized spacial score (nSPS) is 10.8. The number of nitrogens with zero attached hydrogens (tertiary/aromatic N) is 3. The van der Waals surface area contributed by atoms with Crippen molar-refractivity contribution < 1.29 is 9.59 Å². The number of hydrogen-bond donors (Lipinski definition) is 2. The highest BCUT2D eigenvalue weighted by Crippen LogP contribution is 2.18. The van der Waals surface area contributed by atoms with Crippen molar-refractivity contribution in [1.29, 1.82) is 0 Å². The van der Waals surface area contributed by atoms with Gasteiger partial charge in [0.1, 0.15) is 12.0 Å². The fraction of sp³-hybridized carbons (Fsp3) is 0. The molecule has 0 aliphatic carbocycles. The lowest BCUT2D eigenvalue weighted by atomic mass is 10.2. The Hall–Kier alpha value is -4.52. The molecular weight excluding hydrogens is 390 g/mol. The number of carbonyl (C=O) groups excluding carboxylic acids is 2. The molecule has 0 atom stereocenters. The number of amides is 2. The van der Waals surface area contributed by atoms with Crippen molar-refractivity contribution in [1.82, 2.24) is 25.4 Å². The SMILES string of the molecule is O=C(NNC(=O)c1ccc2ccccc2n1)c1ccc(-n2cnc3ccccc32)cc1. The lowest BCUT2D eigenvalue weighted by Gasteiger charge is -2.09. The van der Waals surface area contributed by atoms with Gasteiger partial charge in [-0.1, -0.05) is 36.4 Å². The van der Waals surface area contributed by atoms with Crippen LogP contribution in [0.25, 0.3) is 27.6 Å². The molecule has 0 saturated carbocycles. The number of hydrogen-bond acceptors (Lipinski definition) is 4. The molecule has 150 valence electrons. The molecule has 0 radical (unpaired) electrons. The first kappa shape index (κ1) is 18.5. The van der Waals surface area contributed by atoms with E-state index >= 15 is 0 Å². The molecule has 31 heavy (non-hydrogen) atoms. The van der Waals surface area contributed by atoms with Gasteiger partial charge in [0.05, 0.1) is 16.6 Å². The van der Waals surface area contributed by atoms with Crippen molar-refractivity contribution in [3.63, 3.8) is 0 Å². The summed E-state index contributed by atoms with van der Waals surface area (Å²) in [7, 11) is 0. The van der Waals surface area contributed by atoms with Crippen LogP contribution < -0.4 is 10.9 Å². The van der Waals surface area contributed by atoms with Crippen LogP contribution in [0.15, 0.2) is 91.3 Å². The molecule has 0 spiro atoms. The molecule has 2 aromatic heterocycles. The van der Waals surface area contributed by atoms with E-state index in [1.807, 2.05) is 71.3 Å². The first-order valence-corrected chi connectivity index (χ1v) is 9.68. The molecule has 5 rings (SSSR count). The van der Waals surface area contributed by atoms with Crippen LogP contribution in [-0.2, 0) is 0 Å². The zero-order valence-electron chi connectivity index (χ0n) is 16.3. The molecule has 2 amide bonds. The van der Waals surface area contributed by atoms with Gasteiger partial charge in [-0.05, 0) is 48.5 Å². The highest BCUT2D eigenvalue weighted by atomic mass is 16.2. The van der Waals surface area contributed by atoms with Crippen LogP contribution in [0.1, 0.15) is 20.8 Å². The van der Waals surface area contributed by atoms with Gasteiger partial charge in [0.25, 0.3) is 11.8 Å². The minimum Gasteiger partial charge on any atom is -0.299 e. The quantitative estimate of drug-likeness (QED) is 0.447. The summed E-state index contributed by atoms with van der Waals surface area (Å²) in [6, 6.07) is 25.8. The first-order valence-electron chi connectivity index (χ1n) is 9.68. The van der Waals surface area contributed by atoms with E-state index < -0.39 is 11.8 Å². The number of aromatic nitrogens is 3. The van der Waals surface area contributed by atoms with E-state index in [0.717, 1.165) is 22.1 Å². The molecule has 7 nitrogen and oxygen atoms in total. The molecule has 0 bridgehead atoms. The van der Waals surface area contributed by atoms with Gasteiger partial charge in [-0.15, -0.1) is 0 Å².